The Morgan fingerprint density at radius 2 is 2.05 bits per heavy atom. The van der Waals surface area contributed by atoms with Gasteiger partial charge in [-0.1, -0.05) is 12.8 Å². The monoisotopic (exact) mass is 403 g/mol. The first-order valence-corrected chi connectivity index (χ1v) is 7.91. The molecule has 0 radical (unpaired) electrons. The Kier molecular flexibility index (Phi) is 6.39. The van der Waals surface area contributed by atoms with E-state index in [1.165, 1.54) is 38.8 Å². The third-order valence-electron chi connectivity index (χ3n) is 4.60. The summed E-state index contributed by atoms with van der Waals surface area (Å²) in [6.45, 7) is 6.13. The van der Waals surface area contributed by atoms with Gasteiger partial charge in [-0.15, -0.1) is 24.0 Å². The maximum atomic E-state index is 5.11. The van der Waals surface area contributed by atoms with Crippen LogP contribution in [-0.2, 0) is 6.54 Å². The standard InChI is InChI=1S/C16H25N3O.HI/c1-2-17-16(18-9-13-7-8-20-12-13)19-10-14-5-3-4-6-15(14)11-19;/h7-8,12,14-15H,2-6,9-11H2,1H3,(H,17,18);1H. The van der Waals surface area contributed by atoms with Crippen LogP contribution in [0.4, 0.5) is 0 Å². The van der Waals surface area contributed by atoms with E-state index >= 15 is 0 Å². The molecule has 0 amide bonds. The number of aliphatic imine (C=N–C) groups is 1. The quantitative estimate of drug-likeness (QED) is 0.477. The molecule has 118 valence electrons. The topological polar surface area (TPSA) is 40.8 Å². The molecular weight excluding hydrogens is 377 g/mol. The highest BCUT2D eigenvalue weighted by Gasteiger charge is 2.35. The average molecular weight is 403 g/mol. The summed E-state index contributed by atoms with van der Waals surface area (Å²) in [6, 6.07) is 1.98. The molecule has 2 aliphatic rings. The first kappa shape index (κ1) is 16.6. The Hall–Kier alpha value is -0.720. The molecule has 21 heavy (non-hydrogen) atoms. The zero-order valence-corrected chi connectivity index (χ0v) is 15.1. The normalized spacial score (nSPS) is 25.4. The van der Waals surface area contributed by atoms with E-state index in [1.54, 1.807) is 12.5 Å². The zero-order chi connectivity index (χ0) is 13.8. The lowest BCUT2D eigenvalue weighted by Gasteiger charge is -2.22. The summed E-state index contributed by atoms with van der Waals surface area (Å²) in [7, 11) is 0. The molecule has 0 aromatic carbocycles. The van der Waals surface area contributed by atoms with Crippen LogP contribution in [0, 0.1) is 11.8 Å². The number of fused-ring (bicyclic) bond motifs is 1. The molecule has 1 saturated carbocycles. The van der Waals surface area contributed by atoms with E-state index in [-0.39, 0.29) is 24.0 Å². The highest BCUT2D eigenvalue weighted by atomic mass is 127. The molecule has 1 aliphatic heterocycles. The van der Waals surface area contributed by atoms with E-state index in [2.05, 4.69) is 17.1 Å². The van der Waals surface area contributed by atoms with Crippen molar-refractivity contribution in [2.24, 2.45) is 16.8 Å². The minimum atomic E-state index is 0. The minimum Gasteiger partial charge on any atom is -0.472 e. The fourth-order valence-corrected chi connectivity index (χ4v) is 3.55. The SMILES string of the molecule is CCNC(=NCc1ccoc1)N1CC2CCCCC2C1.I. The fourth-order valence-electron chi connectivity index (χ4n) is 3.55. The number of rotatable bonds is 3. The number of furan rings is 1. The lowest BCUT2D eigenvalue weighted by molar-refractivity contribution is 0.299. The van der Waals surface area contributed by atoms with Gasteiger partial charge < -0.3 is 14.6 Å². The van der Waals surface area contributed by atoms with E-state index in [4.69, 9.17) is 9.41 Å². The van der Waals surface area contributed by atoms with Crippen molar-refractivity contribution in [2.75, 3.05) is 19.6 Å². The Balaban J connectivity index is 0.00000161. The molecule has 5 heteroatoms. The Morgan fingerprint density at radius 1 is 1.33 bits per heavy atom. The number of hydrogen-bond donors (Lipinski definition) is 1. The van der Waals surface area contributed by atoms with Gasteiger partial charge in [0.1, 0.15) is 0 Å². The molecule has 1 saturated heterocycles. The second kappa shape index (κ2) is 8.06. The van der Waals surface area contributed by atoms with E-state index in [0.29, 0.717) is 6.54 Å². The van der Waals surface area contributed by atoms with Crippen molar-refractivity contribution in [1.82, 2.24) is 10.2 Å². The first-order chi connectivity index (χ1) is 9.86. The molecule has 0 bridgehead atoms. The van der Waals surface area contributed by atoms with Crippen LogP contribution in [0.1, 0.15) is 38.2 Å². The van der Waals surface area contributed by atoms with Gasteiger partial charge in [-0.3, -0.25) is 0 Å². The summed E-state index contributed by atoms with van der Waals surface area (Å²) in [5.41, 5.74) is 1.14. The van der Waals surface area contributed by atoms with Crippen molar-refractivity contribution < 1.29 is 4.42 Å². The largest absolute Gasteiger partial charge is 0.472 e. The lowest BCUT2D eigenvalue weighted by Crippen LogP contribution is -2.40. The summed E-state index contributed by atoms with van der Waals surface area (Å²) in [6.07, 6.45) is 9.12. The molecule has 1 N–H and O–H groups in total. The summed E-state index contributed by atoms with van der Waals surface area (Å²) in [5, 5.41) is 3.44. The van der Waals surface area contributed by atoms with Crippen LogP contribution in [-0.4, -0.2) is 30.5 Å². The predicted molar refractivity (Wildman–Crippen MR) is 96.0 cm³/mol. The van der Waals surface area contributed by atoms with Gasteiger partial charge >= 0.3 is 0 Å². The van der Waals surface area contributed by atoms with Gasteiger partial charge in [0, 0.05) is 25.2 Å². The van der Waals surface area contributed by atoms with Crippen molar-refractivity contribution >= 4 is 29.9 Å². The van der Waals surface area contributed by atoms with E-state index in [0.717, 1.165) is 29.9 Å². The van der Waals surface area contributed by atoms with Crippen LogP contribution >= 0.6 is 24.0 Å². The highest BCUT2D eigenvalue weighted by Crippen LogP contribution is 2.35. The molecule has 2 fully saturated rings. The third kappa shape index (κ3) is 4.14. The van der Waals surface area contributed by atoms with Gasteiger partial charge in [0.05, 0.1) is 19.1 Å². The Bertz CT molecular complexity index is 432. The van der Waals surface area contributed by atoms with Crippen molar-refractivity contribution in [3.8, 4) is 0 Å². The van der Waals surface area contributed by atoms with Crippen LogP contribution in [0.3, 0.4) is 0 Å². The number of nitrogens with zero attached hydrogens (tertiary/aromatic N) is 2. The zero-order valence-electron chi connectivity index (χ0n) is 12.8. The third-order valence-corrected chi connectivity index (χ3v) is 4.60. The highest BCUT2D eigenvalue weighted by molar-refractivity contribution is 14.0. The summed E-state index contributed by atoms with van der Waals surface area (Å²) in [5.74, 6) is 2.85. The van der Waals surface area contributed by atoms with E-state index < -0.39 is 0 Å². The number of halogens is 1. The molecule has 2 atom stereocenters. The summed E-state index contributed by atoms with van der Waals surface area (Å²) < 4.78 is 5.11. The maximum Gasteiger partial charge on any atom is 0.194 e. The molecule has 2 unspecified atom stereocenters. The van der Waals surface area contributed by atoms with E-state index in [9.17, 15) is 0 Å². The molecular formula is C16H26IN3O. The summed E-state index contributed by atoms with van der Waals surface area (Å²) >= 11 is 0. The smallest absolute Gasteiger partial charge is 0.194 e. The van der Waals surface area contributed by atoms with Crippen LogP contribution in [0.25, 0.3) is 0 Å². The molecule has 4 nitrogen and oxygen atoms in total. The summed E-state index contributed by atoms with van der Waals surface area (Å²) in [4.78, 5) is 7.23. The Morgan fingerprint density at radius 3 is 2.62 bits per heavy atom. The molecule has 3 rings (SSSR count). The van der Waals surface area contributed by atoms with Gasteiger partial charge in [0.2, 0.25) is 0 Å². The second-order valence-electron chi connectivity index (χ2n) is 6.01. The fraction of sp³-hybridized carbons (Fsp3) is 0.688. The first-order valence-electron chi connectivity index (χ1n) is 7.91. The van der Waals surface area contributed by atoms with Crippen LogP contribution in [0.2, 0.25) is 0 Å². The lowest BCUT2D eigenvalue weighted by atomic mass is 9.82. The van der Waals surface area contributed by atoms with Crippen LogP contribution in [0.5, 0.6) is 0 Å². The van der Waals surface area contributed by atoms with Gasteiger partial charge in [-0.2, -0.15) is 0 Å². The number of hydrogen-bond acceptors (Lipinski definition) is 2. The molecule has 1 aliphatic carbocycles. The number of guanidine groups is 1. The second-order valence-corrected chi connectivity index (χ2v) is 6.01. The maximum absolute atomic E-state index is 5.11. The van der Waals surface area contributed by atoms with Crippen LogP contribution in [0.15, 0.2) is 28.0 Å². The number of likely N-dealkylation sites (tertiary alicyclic amines) is 1. The molecule has 1 aromatic heterocycles. The van der Waals surface area contributed by atoms with Gasteiger partial charge in [0.15, 0.2) is 5.96 Å². The van der Waals surface area contributed by atoms with Gasteiger partial charge in [-0.05, 0) is 37.7 Å². The van der Waals surface area contributed by atoms with Gasteiger partial charge in [-0.25, -0.2) is 4.99 Å². The average Bonchev–Trinajstić information content (AvgIpc) is 3.12. The van der Waals surface area contributed by atoms with Crippen molar-refractivity contribution in [3.63, 3.8) is 0 Å². The van der Waals surface area contributed by atoms with Crippen molar-refractivity contribution in [2.45, 2.75) is 39.2 Å². The van der Waals surface area contributed by atoms with Gasteiger partial charge in [0.25, 0.3) is 0 Å². The Labute approximate surface area is 144 Å². The van der Waals surface area contributed by atoms with Crippen molar-refractivity contribution in [1.29, 1.82) is 0 Å². The molecule has 2 heterocycles. The van der Waals surface area contributed by atoms with E-state index in [1.807, 2.05) is 6.07 Å². The number of nitrogens with one attached hydrogen (secondary N) is 1. The minimum absolute atomic E-state index is 0. The molecule has 0 spiro atoms. The van der Waals surface area contributed by atoms with Crippen molar-refractivity contribution in [3.05, 3.63) is 24.2 Å². The van der Waals surface area contributed by atoms with Crippen LogP contribution < -0.4 is 5.32 Å². The predicted octanol–water partition coefficient (Wildman–Crippen LogP) is 3.49. The molecule has 1 aromatic rings.